The van der Waals surface area contributed by atoms with Crippen molar-refractivity contribution in [3.8, 4) is 0 Å². The number of rotatable bonds is 3. The SMILES string of the molecule is C=CCC(O)(O)C(N)=O. The normalized spacial score (nSPS) is 10.9. The molecule has 4 nitrogen and oxygen atoms in total. The Balaban J connectivity index is 4.00. The van der Waals surface area contributed by atoms with Crippen molar-refractivity contribution < 1.29 is 15.0 Å². The van der Waals surface area contributed by atoms with Gasteiger partial charge >= 0.3 is 0 Å². The van der Waals surface area contributed by atoms with Crippen LogP contribution in [0.5, 0.6) is 0 Å². The lowest BCUT2D eigenvalue weighted by Crippen LogP contribution is -2.43. The van der Waals surface area contributed by atoms with Gasteiger partial charge in [0.05, 0.1) is 0 Å². The molecule has 9 heavy (non-hydrogen) atoms. The van der Waals surface area contributed by atoms with Crippen molar-refractivity contribution in [1.29, 1.82) is 0 Å². The van der Waals surface area contributed by atoms with Crippen LogP contribution in [-0.4, -0.2) is 21.9 Å². The quantitative estimate of drug-likeness (QED) is 0.330. The summed E-state index contributed by atoms with van der Waals surface area (Å²) >= 11 is 0. The molecule has 0 spiro atoms. The van der Waals surface area contributed by atoms with Gasteiger partial charge in [-0.25, -0.2) is 0 Å². The minimum Gasteiger partial charge on any atom is -0.365 e. The maximum Gasteiger partial charge on any atom is 0.277 e. The van der Waals surface area contributed by atoms with Crippen LogP contribution in [0.1, 0.15) is 6.42 Å². The van der Waals surface area contributed by atoms with Gasteiger partial charge in [-0.1, -0.05) is 6.08 Å². The molecule has 0 fully saturated rings. The lowest BCUT2D eigenvalue weighted by atomic mass is 10.2. The average molecular weight is 131 g/mol. The molecule has 0 heterocycles. The lowest BCUT2D eigenvalue weighted by molar-refractivity contribution is -0.180. The van der Waals surface area contributed by atoms with E-state index in [0.717, 1.165) is 0 Å². The van der Waals surface area contributed by atoms with Crippen molar-refractivity contribution >= 4 is 5.91 Å². The highest BCUT2D eigenvalue weighted by atomic mass is 16.5. The number of primary amides is 1. The molecule has 4 heteroatoms. The molecule has 0 saturated heterocycles. The molecule has 0 rings (SSSR count). The molecule has 0 atom stereocenters. The summed E-state index contributed by atoms with van der Waals surface area (Å²) in [6.07, 6.45) is 0.951. The Bertz CT molecular complexity index is 130. The van der Waals surface area contributed by atoms with Crippen molar-refractivity contribution in [2.24, 2.45) is 5.73 Å². The molecule has 4 N–H and O–H groups in total. The highest BCUT2D eigenvalue weighted by Crippen LogP contribution is 2.03. The van der Waals surface area contributed by atoms with Gasteiger partial charge < -0.3 is 15.9 Å². The first-order valence-corrected chi connectivity index (χ1v) is 2.36. The van der Waals surface area contributed by atoms with Crippen LogP contribution in [0.3, 0.4) is 0 Å². The summed E-state index contributed by atoms with van der Waals surface area (Å²) in [6.45, 7) is 3.20. The van der Waals surface area contributed by atoms with Crippen LogP contribution < -0.4 is 5.73 Å². The third-order valence-corrected chi connectivity index (χ3v) is 0.824. The number of hydrogen-bond acceptors (Lipinski definition) is 3. The monoisotopic (exact) mass is 131 g/mol. The summed E-state index contributed by atoms with van der Waals surface area (Å²) in [5, 5.41) is 17.2. The number of nitrogens with two attached hydrogens (primary N) is 1. The van der Waals surface area contributed by atoms with Gasteiger partial charge in [-0.2, -0.15) is 0 Å². The van der Waals surface area contributed by atoms with Gasteiger partial charge in [0.25, 0.3) is 5.91 Å². The lowest BCUT2D eigenvalue weighted by Gasteiger charge is -2.13. The van der Waals surface area contributed by atoms with Crippen LogP contribution in [0.2, 0.25) is 0 Å². The predicted molar refractivity (Wildman–Crippen MR) is 31.2 cm³/mol. The van der Waals surface area contributed by atoms with E-state index < -0.39 is 11.7 Å². The minimum atomic E-state index is -2.43. The van der Waals surface area contributed by atoms with E-state index in [-0.39, 0.29) is 6.42 Å². The van der Waals surface area contributed by atoms with Gasteiger partial charge in [0.2, 0.25) is 5.79 Å². The fourth-order valence-corrected chi connectivity index (χ4v) is 0.302. The zero-order valence-electron chi connectivity index (χ0n) is 4.87. The van der Waals surface area contributed by atoms with E-state index in [1.165, 1.54) is 6.08 Å². The molecule has 0 saturated carbocycles. The van der Waals surface area contributed by atoms with Crippen LogP contribution in [0, 0.1) is 0 Å². The average Bonchev–Trinajstić information content (AvgIpc) is 1.65. The van der Waals surface area contributed by atoms with Gasteiger partial charge in [0, 0.05) is 6.42 Å². The summed E-state index contributed by atoms with van der Waals surface area (Å²) in [7, 11) is 0. The Morgan fingerprint density at radius 1 is 1.78 bits per heavy atom. The van der Waals surface area contributed by atoms with Crippen molar-refractivity contribution in [2.75, 3.05) is 0 Å². The molecule has 0 unspecified atom stereocenters. The second kappa shape index (κ2) is 2.61. The van der Waals surface area contributed by atoms with E-state index >= 15 is 0 Å². The zero-order chi connectivity index (χ0) is 7.49. The molecular weight excluding hydrogens is 122 g/mol. The first-order chi connectivity index (χ1) is 4.00. The molecule has 0 radical (unpaired) electrons. The molecule has 52 valence electrons. The second-order valence-electron chi connectivity index (χ2n) is 1.67. The Hall–Kier alpha value is -0.870. The fraction of sp³-hybridized carbons (Fsp3) is 0.400. The van der Waals surface area contributed by atoms with Crippen molar-refractivity contribution in [1.82, 2.24) is 0 Å². The largest absolute Gasteiger partial charge is 0.365 e. The second-order valence-corrected chi connectivity index (χ2v) is 1.67. The van der Waals surface area contributed by atoms with Crippen LogP contribution in [0.4, 0.5) is 0 Å². The maximum atomic E-state index is 10.1. The Kier molecular flexibility index (Phi) is 2.36. The third-order valence-electron chi connectivity index (χ3n) is 0.824. The van der Waals surface area contributed by atoms with E-state index in [9.17, 15) is 4.79 Å². The molecular formula is C5H9NO3. The summed E-state index contributed by atoms with van der Waals surface area (Å²) < 4.78 is 0. The first kappa shape index (κ1) is 8.13. The number of carbonyl (C=O) groups excluding carboxylic acids is 1. The Morgan fingerprint density at radius 2 is 2.22 bits per heavy atom. The Morgan fingerprint density at radius 3 is 2.33 bits per heavy atom. The fourth-order valence-electron chi connectivity index (χ4n) is 0.302. The van der Waals surface area contributed by atoms with Crippen molar-refractivity contribution in [3.63, 3.8) is 0 Å². The molecule has 0 aliphatic rings. The van der Waals surface area contributed by atoms with Crippen molar-refractivity contribution in [3.05, 3.63) is 12.7 Å². The van der Waals surface area contributed by atoms with Crippen LogP contribution in [-0.2, 0) is 4.79 Å². The van der Waals surface area contributed by atoms with E-state index in [2.05, 4.69) is 12.3 Å². The van der Waals surface area contributed by atoms with Gasteiger partial charge in [-0.05, 0) is 0 Å². The first-order valence-electron chi connectivity index (χ1n) is 2.36. The summed E-state index contributed by atoms with van der Waals surface area (Å²) in [4.78, 5) is 10.1. The number of hydrogen-bond donors (Lipinski definition) is 3. The molecule has 1 amide bonds. The number of aliphatic hydroxyl groups is 2. The topological polar surface area (TPSA) is 83.6 Å². The van der Waals surface area contributed by atoms with Crippen LogP contribution in [0.25, 0.3) is 0 Å². The van der Waals surface area contributed by atoms with Crippen LogP contribution >= 0.6 is 0 Å². The van der Waals surface area contributed by atoms with Gasteiger partial charge in [-0.3, -0.25) is 4.79 Å². The molecule has 0 aromatic rings. The summed E-state index contributed by atoms with van der Waals surface area (Å²) in [5.74, 6) is -3.59. The predicted octanol–water partition coefficient (Wildman–Crippen LogP) is -1.27. The molecule has 0 aliphatic heterocycles. The molecule has 0 aliphatic carbocycles. The maximum absolute atomic E-state index is 10.1. The van der Waals surface area contributed by atoms with Gasteiger partial charge in [0.15, 0.2) is 0 Å². The molecule has 0 aromatic carbocycles. The number of carbonyl (C=O) groups is 1. The summed E-state index contributed by atoms with van der Waals surface area (Å²) in [6, 6.07) is 0. The van der Waals surface area contributed by atoms with E-state index in [1.54, 1.807) is 0 Å². The smallest absolute Gasteiger partial charge is 0.277 e. The standard InChI is InChI=1S/C5H9NO3/c1-2-3-5(8,9)4(6)7/h2,8-9H,1,3H2,(H2,6,7). The number of amides is 1. The highest BCUT2D eigenvalue weighted by Gasteiger charge is 2.28. The van der Waals surface area contributed by atoms with Crippen LogP contribution in [0.15, 0.2) is 12.7 Å². The minimum absolute atomic E-state index is 0.248. The van der Waals surface area contributed by atoms with Gasteiger partial charge in [0.1, 0.15) is 0 Å². The van der Waals surface area contributed by atoms with Crippen molar-refractivity contribution in [2.45, 2.75) is 12.2 Å². The van der Waals surface area contributed by atoms with E-state index in [0.29, 0.717) is 0 Å². The molecule has 0 bridgehead atoms. The summed E-state index contributed by atoms with van der Waals surface area (Å²) in [5.41, 5.74) is 4.57. The highest BCUT2D eigenvalue weighted by molar-refractivity contribution is 5.81. The molecule has 0 aromatic heterocycles. The van der Waals surface area contributed by atoms with E-state index in [1.807, 2.05) is 0 Å². The van der Waals surface area contributed by atoms with E-state index in [4.69, 9.17) is 10.2 Å². The van der Waals surface area contributed by atoms with Gasteiger partial charge in [-0.15, -0.1) is 6.58 Å². The zero-order valence-corrected chi connectivity index (χ0v) is 4.87. The third kappa shape index (κ3) is 2.25. The Labute approximate surface area is 52.6 Å².